The molecule has 0 aliphatic rings. The standard InChI is InChI=1S/C27H20Cl2N8OS/c1-13-8-14(2)10-17(9-13)26(38)30-18-6-4-16(5-7-18)24-32-25-23(15(3)35-37(25)36-24)33-34-27-31-21-11-19(28)20(29)12-22(21)39-27/h4-12H,1-3H3,(H,30,38)(H,32,36). The quantitative estimate of drug-likeness (QED) is 0.202. The zero-order valence-corrected chi connectivity index (χ0v) is 23.3. The third-order valence-corrected chi connectivity index (χ3v) is 7.62. The Bertz CT molecular complexity index is 1860. The van der Waals surface area contributed by atoms with E-state index < -0.39 is 0 Å². The summed E-state index contributed by atoms with van der Waals surface area (Å²) >= 11 is 13.6. The van der Waals surface area contributed by atoms with E-state index in [1.165, 1.54) is 16.0 Å². The summed E-state index contributed by atoms with van der Waals surface area (Å²) in [5.74, 6) is 0.446. The normalized spacial score (nSPS) is 11.7. The monoisotopic (exact) mass is 574 g/mol. The van der Waals surface area contributed by atoms with Gasteiger partial charge in [-0.05, 0) is 69.3 Å². The number of amides is 1. The van der Waals surface area contributed by atoms with Crippen molar-refractivity contribution in [3.8, 4) is 11.4 Å². The van der Waals surface area contributed by atoms with E-state index in [9.17, 15) is 4.79 Å². The smallest absolute Gasteiger partial charge is 0.255 e. The second-order valence-corrected chi connectivity index (χ2v) is 10.9. The minimum absolute atomic E-state index is 0.157. The molecule has 39 heavy (non-hydrogen) atoms. The molecule has 12 heteroatoms. The van der Waals surface area contributed by atoms with Crippen molar-refractivity contribution in [2.24, 2.45) is 10.2 Å². The molecule has 9 nitrogen and oxygen atoms in total. The maximum Gasteiger partial charge on any atom is 0.255 e. The Morgan fingerprint density at radius 2 is 1.67 bits per heavy atom. The fourth-order valence-corrected chi connectivity index (χ4v) is 5.43. The average Bonchev–Trinajstić information content (AvgIpc) is 3.55. The van der Waals surface area contributed by atoms with Gasteiger partial charge in [-0.2, -0.15) is 5.10 Å². The topological polar surface area (TPSA) is 113 Å². The summed E-state index contributed by atoms with van der Waals surface area (Å²) in [4.78, 5) is 20.4. The van der Waals surface area contributed by atoms with E-state index in [0.717, 1.165) is 21.4 Å². The molecule has 2 N–H and O–H groups in total. The van der Waals surface area contributed by atoms with Gasteiger partial charge in [-0.15, -0.1) is 20.0 Å². The Hall–Kier alpha value is -4.12. The van der Waals surface area contributed by atoms with Gasteiger partial charge in [-0.1, -0.05) is 51.7 Å². The van der Waals surface area contributed by atoms with E-state index in [2.05, 4.69) is 35.7 Å². The molecule has 194 valence electrons. The second kappa shape index (κ2) is 9.88. The van der Waals surface area contributed by atoms with Gasteiger partial charge in [0.25, 0.3) is 5.91 Å². The number of fused-ring (bicyclic) bond motifs is 2. The minimum atomic E-state index is -0.157. The summed E-state index contributed by atoms with van der Waals surface area (Å²) in [6.07, 6.45) is 0. The molecule has 1 amide bonds. The van der Waals surface area contributed by atoms with Crippen LogP contribution in [0.4, 0.5) is 16.5 Å². The Labute approximate surface area is 236 Å². The second-order valence-electron chi connectivity index (χ2n) is 9.08. The Morgan fingerprint density at radius 3 is 2.41 bits per heavy atom. The number of halogens is 2. The number of aromatic nitrogens is 5. The van der Waals surface area contributed by atoms with Gasteiger partial charge < -0.3 is 10.3 Å². The Balaban J connectivity index is 1.23. The number of anilines is 1. The largest absolute Gasteiger partial charge is 0.322 e. The minimum Gasteiger partial charge on any atom is -0.322 e. The van der Waals surface area contributed by atoms with E-state index >= 15 is 0 Å². The van der Waals surface area contributed by atoms with E-state index in [-0.39, 0.29) is 5.91 Å². The number of nitrogens with one attached hydrogen (secondary N) is 2. The van der Waals surface area contributed by atoms with Gasteiger partial charge >= 0.3 is 0 Å². The zero-order chi connectivity index (χ0) is 27.3. The van der Waals surface area contributed by atoms with Crippen molar-refractivity contribution in [3.63, 3.8) is 0 Å². The highest BCUT2D eigenvalue weighted by Crippen LogP contribution is 2.35. The number of thiazole rings is 1. The van der Waals surface area contributed by atoms with Gasteiger partial charge in [-0.3, -0.25) is 4.79 Å². The maximum atomic E-state index is 12.7. The SMILES string of the molecule is Cc1cc(C)cc(C(=O)Nc2ccc(-c3nn4nc(C)c(N=Nc5nc6cc(Cl)c(Cl)cc6s5)c4[nH]3)cc2)c1. The number of carbonyl (C=O) groups excluding carboxylic acids is 1. The van der Waals surface area contributed by atoms with Crippen molar-refractivity contribution >= 4 is 72.8 Å². The Kier molecular flexibility index (Phi) is 6.38. The molecule has 0 saturated carbocycles. The lowest BCUT2D eigenvalue weighted by molar-refractivity contribution is 0.102. The molecule has 0 atom stereocenters. The molecule has 0 aliphatic carbocycles. The van der Waals surface area contributed by atoms with Crippen molar-refractivity contribution in [2.45, 2.75) is 20.8 Å². The van der Waals surface area contributed by atoms with Gasteiger partial charge in [0, 0.05) is 16.8 Å². The molecule has 0 bridgehead atoms. The number of hydrogen-bond donors (Lipinski definition) is 2. The number of aryl methyl sites for hydroxylation is 3. The molecule has 3 aromatic heterocycles. The summed E-state index contributed by atoms with van der Waals surface area (Å²) in [5.41, 5.74) is 6.75. The number of aromatic amines is 1. The highest BCUT2D eigenvalue weighted by molar-refractivity contribution is 7.22. The van der Waals surface area contributed by atoms with Crippen LogP contribution in [0.25, 0.3) is 27.3 Å². The van der Waals surface area contributed by atoms with Gasteiger partial charge in [0.2, 0.25) is 5.13 Å². The third-order valence-electron chi connectivity index (χ3n) is 6.00. The van der Waals surface area contributed by atoms with Crippen LogP contribution in [0.1, 0.15) is 27.2 Å². The van der Waals surface area contributed by atoms with Crippen LogP contribution in [-0.4, -0.2) is 30.7 Å². The van der Waals surface area contributed by atoms with Crippen molar-refractivity contribution in [2.75, 3.05) is 5.32 Å². The lowest BCUT2D eigenvalue weighted by Crippen LogP contribution is -2.12. The third kappa shape index (κ3) is 5.01. The van der Waals surface area contributed by atoms with E-state index in [1.807, 2.05) is 63.2 Å². The van der Waals surface area contributed by atoms with Gasteiger partial charge in [0.15, 0.2) is 17.2 Å². The van der Waals surface area contributed by atoms with Crippen molar-refractivity contribution < 1.29 is 4.79 Å². The van der Waals surface area contributed by atoms with Crippen LogP contribution in [0, 0.1) is 20.8 Å². The van der Waals surface area contributed by atoms with Crippen molar-refractivity contribution in [1.82, 2.24) is 24.8 Å². The first-order valence-electron chi connectivity index (χ1n) is 11.9. The molecular weight excluding hydrogens is 555 g/mol. The lowest BCUT2D eigenvalue weighted by atomic mass is 10.1. The number of H-pyrrole nitrogens is 1. The van der Waals surface area contributed by atoms with Gasteiger partial charge in [-0.25, -0.2) is 4.98 Å². The summed E-state index contributed by atoms with van der Waals surface area (Å²) in [7, 11) is 0. The summed E-state index contributed by atoms with van der Waals surface area (Å²) in [5, 5.41) is 22.0. The van der Waals surface area contributed by atoms with E-state index in [1.54, 1.807) is 12.1 Å². The first-order chi connectivity index (χ1) is 18.7. The van der Waals surface area contributed by atoms with Crippen molar-refractivity contribution in [1.29, 1.82) is 0 Å². The fourth-order valence-electron chi connectivity index (χ4n) is 4.24. The molecule has 6 rings (SSSR count). The molecule has 6 aromatic rings. The number of hydrogen-bond acceptors (Lipinski definition) is 7. The van der Waals surface area contributed by atoms with E-state index in [0.29, 0.717) is 54.8 Å². The Morgan fingerprint density at radius 1 is 0.949 bits per heavy atom. The highest BCUT2D eigenvalue weighted by atomic mass is 35.5. The van der Waals surface area contributed by atoms with Crippen LogP contribution in [-0.2, 0) is 0 Å². The molecule has 0 unspecified atom stereocenters. The maximum absolute atomic E-state index is 12.7. The number of rotatable bonds is 5. The van der Waals surface area contributed by atoms with Crippen LogP contribution in [0.3, 0.4) is 0 Å². The molecule has 3 heterocycles. The molecule has 0 aliphatic heterocycles. The highest BCUT2D eigenvalue weighted by Gasteiger charge is 2.16. The van der Waals surface area contributed by atoms with E-state index in [4.69, 9.17) is 23.2 Å². The average molecular weight is 575 g/mol. The zero-order valence-electron chi connectivity index (χ0n) is 21.0. The van der Waals surface area contributed by atoms with Crippen LogP contribution in [0.5, 0.6) is 0 Å². The fraction of sp³-hybridized carbons (Fsp3) is 0.111. The molecular formula is C27H20Cl2N8OS. The number of carbonyl (C=O) groups is 1. The van der Waals surface area contributed by atoms with Crippen LogP contribution in [0.2, 0.25) is 10.0 Å². The van der Waals surface area contributed by atoms with Crippen molar-refractivity contribution in [3.05, 3.63) is 87.0 Å². The predicted octanol–water partition coefficient (Wildman–Crippen LogP) is 8.23. The molecule has 0 spiro atoms. The predicted molar refractivity (Wildman–Crippen MR) is 155 cm³/mol. The van der Waals surface area contributed by atoms with Crippen LogP contribution >= 0.6 is 34.5 Å². The number of benzene rings is 3. The molecule has 0 fully saturated rings. The summed E-state index contributed by atoms with van der Waals surface area (Å²) < 4.78 is 2.36. The van der Waals surface area contributed by atoms with Crippen LogP contribution < -0.4 is 5.32 Å². The molecule has 3 aromatic carbocycles. The first kappa shape index (κ1) is 25.2. The molecule has 0 radical (unpaired) electrons. The first-order valence-corrected chi connectivity index (χ1v) is 13.4. The lowest BCUT2D eigenvalue weighted by Gasteiger charge is -2.07. The number of nitrogens with zero attached hydrogens (tertiary/aromatic N) is 6. The molecule has 0 saturated heterocycles. The van der Waals surface area contributed by atoms with Crippen LogP contribution in [0.15, 0.2) is 64.8 Å². The summed E-state index contributed by atoms with van der Waals surface area (Å²) in [6.45, 7) is 5.78. The number of azo groups is 1. The van der Waals surface area contributed by atoms with Gasteiger partial charge in [0.05, 0.1) is 26.0 Å². The van der Waals surface area contributed by atoms with Gasteiger partial charge in [0.1, 0.15) is 0 Å². The summed E-state index contributed by atoms with van der Waals surface area (Å²) in [6, 6.07) is 16.7.